The van der Waals surface area contributed by atoms with Crippen molar-refractivity contribution in [1.82, 2.24) is 0 Å². The number of hydrogen-bond donors (Lipinski definition) is 1. The second-order valence-corrected chi connectivity index (χ2v) is 14.5. The number of rotatable bonds is 39. The number of hydrogen-bond acceptors (Lipinski definition) is 3. The highest BCUT2D eigenvalue weighted by Gasteiger charge is 2.14. The van der Waals surface area contributed by atoms with Gasteiger partial charge >= 0.3 is 11.9 Å². The number of ether oxygens (including phenoxy) is 1. The molecule has 0 aromatic rings. The molecule has 0 fully saturated rings. The van der Waals surface area contributed by atoms with Crippen molar-refractivity contribution in [3.8, 4) is 0 Å². The summed E-state index contributed by atoms with van der Waals surface area (Å²) in [7, 11) is 0. The number of carbonyl (C=O) groups is 2. The summed E-state index contributed by atoms with van der Waals surface area (Å²) in [6, 6.07) is 0. The van der Waals surface area contributed by atoms with Crippen LogP contribution in [0.5, 0.6) is 0 Å². The number of carboxylic acid groups (broad SMARTS) is 1. The number of unbranched alkanes of at least 4 members (excludes halogenated alkanes) is 30. The fourth-order valence-electron chi connectivity index (χ4n) is 6.70. The summed E-state index contributed by atoms with van der Waals surface area (Å²) >= 11 is 0. The lowest BCUT2D eigenvalue weighted by Gasteiger charge is -2.18. The molecule has 0 heterocycles. The molecule has 4 heteroatoms. The van der Waals surface area contributed by atoms with Gasteiger partial charge in [-0.05, 0) is 32.1 Å². The van der Waals surface area contributed by atoms with Crippen molar-refractivity contribution in [3.05, 3.63) is 0 Å². The zero-order valence-corrected chi connectivity index (χ0v) is 31.4. The maximum atomic E-state index is 12.5. The number of carboxylic acids is 1. The van der Waals surface area contributed by atoms with Crippen molar-refractivity contribution in [2.45, 2.75) is 258 Å². The van der Waals surface area contributed by atoms with E-state index in [0.29, 0.717) is 12.8 Å². The van der Waals surface area contributed by atoms with Crippen molar-refractivity contribution in [2.24, 2.45) is 0 Å². The summed E-state index contributed by atoms with van der Waals surface area (Å²) in [6.45, 7) is 4.51. The van der Waals surface area contributed by atoms with E-state index in [1.807, 2.05) is 0 Å². The molecule has 0 radical (unpaired) electrons. The van der Waals surface area contributed by atoms with Crippen LogP contribution in [0.4, 0.5) is 0 Å². The van der Waals surface area contributed by atoms with Gasteiger partial charge < -0.3 is 9.84 Å². The third-order valence-electron chi connectivity index (χ3n) is 9.83. The first-order chi connectivity index (χ1) is 22.6. The SMILES string of the molecule is CCCCCCCCCCCCCCCCCCCCCC(=O)OC(CCCC)CCCCCCCCCCCCCCC(=O)O. The monoisotopic (exact) mass is 651 g/mol. The van der Waals surface area contributed by atoms with E-state index >= 15 is 0 Å². The van der Waals surface area contributed by atoms with Crippen LogP contribution in [0.3, 0.4) is 0 Å². The molecular weight excluding hydrogens is 568 g/mol. The quantitative estimate of drug-likeness (QED) is 0.0531. The predicted octanol–water partition coefficient (Wildman–Crippen LogP) is 14.5. The molecular formula is C42H82O4. The third kappa shape index (κ3) is 37.4. The smallest absolute Gasteiger partial charge is 0.306 e. The van der Waals surface area contributed by atoms with Gasteiger partial charge in [-0.3, -0.25) is 9.59 Å². The highest BCUT2D eigenvalue weighted by atomic mass is 16.5. The van der Waals surface area contributed by atoms with Gasteiger partial charge in [0.25, 0.3) is 0 Å². The van der Waals surface area contributed by atoms with E-state index < -0.39 is 5.97 Å². The van der Waals surface area contributed by atoms with Crippen LogP contribution in [0.25, 0.3) is 0 Å². The Morgan fingerprint density at radius 3 is 1.02 bits per heavy atom. The van der Waals surface area contributed by atoms with Crippen molar-refractivity contribution in [1.29, 1.82) is 0 Å². The molecule has 0 bridgehead atoms. The largest absolute Gasteiger partial charge is 0.481 e. The minimum absolute atomic E-state index is 0.0370. The van der Waals surface area contributed by atoms with Crippen LogP contribution in [0.1, 0.15) is 251 Å². The average molecular weight is 651 g/mol. The lowest BCUT2D eigenvalue weighted by atomic mass is 10.0. The maximum Gasteiger partial charge on any atom is 0.306 e. The minimum atomic E-state index is -0.668. The fourth-order valence-corrected chi connectivity index (χ4v) is 6.70. The van der Waals surface area contributed by atoms with E-state index in [1.54, 1.807) is 0 Å². The summed E-state index contributed by atoms with van der Waals surface area (Å²) < 4.78 is 5.94. The number of aliphatic carboxylic acids is 1. The van der Waals surface area contributed by atoms with Crippen LogP contribution in [0, 0.1) is 0 Å². The first kappa shape index (κ1) is 44.9. The van der Waals surface area contributed by atoms with Crippen LogP contribution in [0.2, 0.25) is 0 Å². The molecule has 0 aliphatic heterocycles. The molecule has 0 amide bonds. The standard InChI is InChI=1S/C42H82O4/c1-3-5-7-8-9-10-11-12-13-14-15-16-17-18-23-26-29-32-35-39-42(45)46-40(36-6-4-2)37-33-30-27-24-21-19-20-22-25-28-31-34-38-41(43)44/h40H,3-39H2,1-2H3,(H,43,44). The van der Waals surface area contributed by atoms with E-state index in [-0.39, 0.29) is 12.1 Å². The van der Waals surface area contributed by atoms with E-state index in [4.69, 9.17) is 9.84 Å². The Bertz CT molecular complexity index is 619. The Kier molecular flexibility index (Phi) is 37.5. The Morgan fingerprint density at radius 1 is 0.391 bits per heavy atom. The van der Waals surface area contributed by atoms with E-state index in [0.717, 1.165) is 44.9 Å². The first-order valence-electron chi connectivity index (χ1n) is 21.0. The number of esters is 1. The van der Waals surface area contributed by atoms with Crippen LogP contribution < -0.4 is 0 Å². The van der Waals surface area contributed by atoms with Crippen LogP contribution in [0.15, 0.2) is 0 Å². The van der Waals surface area contributed by atoms with Gasteiger partial charge in [-0.25, -0.2) is 0 Å². The summed E-state index contributed by atoms with van der Waals surface area (Å²) in [6.07, 6.45) is 46.1. The molecule has 1 atom stereocenters. The highest BCUT2D eigenvalue weighted by Crippen LogP contribution is 2.19. The van der Waals surface area contributed by atoms with Crippen molar-refractivity contribution < 1.29 is 19.4 Å². The second kappa shape index (κ2) is 38.4. The third-order valence-corrected chi connectivity index (χ3v) is 9.83. The van der Waals surface area contributed by atoms with Gasteiger partial charge in [0.1, 0.15) is 6.10 Å². The van der Waals surface area contributed by atoms with E-state index in [2.05, 4.69) is 13.8 Å². The van der Waals surface area contributed by atoms with Gasteiger partial charge in [-0.2, -0.15) is 0 Å². The first-order valence-corrected chi connectivity index (χ1v) is 21.0. The van der Waals surface area contributed by atoms with Gasteiger partial charge in [-0.15, -0.1) is 0 Å². The Morgan fingerprint density at radius 2 is 0.674 bits per heavy atom. The molecule has 4 nitrogen and oxygen atoms in total. The summed E-state index contributed by atoms with van der Waals surface area (Å²) in [5.41, 5.74) is 0. The lowest BCUT2D eigenvalue weighted by molar-refractivity contribution is -0.150. The molecule has 0 spiro atoms. The van der Waals surface area contributed by atoms with Gasteiger partial charge in [0, 0.05) is 12.8 Å². The van der Waals surface area contributed by atoms with Gasteiger partial charge in [0.15, 0.2) is 0 Å². The van der Waals surface area contributed by atoms with Crippen molar-refractivity contribution in [2.75, 3.05) is 0 Å². The Labute approximate surface area is 288 Å². The molecule has 0 saturated heterocycles. The highest BCUT2D eigenvalue weighted by molar-refractivity contribution is 5.69. The zero-order valence-electron chi connectivity index (χ0n) is 31.4. The predicted molar refractivity (Wildman–Crippen MR) is 200 cm³/mol. The van der Waals surface area contributed by atoms with Gasteiger partial charge in [0.05, 0.1) is 0 Å². The minimum Gasteiger partial charge on any atom is -0.481 e. The van der Waals surface area contributed by atoms with Crippen LogP contribution >= 0.6 is 0 Å². The van der Waals surface area contributed by atoms with Crippen LogP contribution in [-0.4, -0.2) is 23.1 Å². The van der Waals surface area contributed by atoms with Crippen LogP contribution in [-0.2, 0) is 14.3 Å². The zero-order chi connectivity index (χ0) is 33.6. The molecule has 1 unspecified atom stereocenters. The van der Waals surface area contributed by atoms with Gasteiger partial charge in [-0.1, -0.05) is 206 Å². The van der Waals surface area contributed by atoms with Crippen molar-refractivity contribution in [3.63, 3.8) is 0 Å². The average Bonchev–Trinajstić information content (AvgIpc) is 3.04. The molecule has 274 valence electrons. The van der Waals surface area contributed by atoms with E-state index in [1.165, 1.54) is 180 Å². The summed E-state index contributed by atoms with van der Waals surface area (Å²) in [5.74, 6) is -0.631. The van der Waals surface area contributed by atoms with Crippen molar-refractivity contribution >= 4 is 11.9 Å². The maximum absolute atomic E-state index is 12.5. The topological polar surface area (TPSA) is 63.6 Å². The molecule has 0 aromatic carbocycles. The summed E-state index contributed by atoms with van der Waals surface area (Å²) in [5, 5.41) is 8.68. The molecule has 1 N–H and O–H groups in total. The lowest BCUT2D eigenvalue weighted by Crippen LogP contribution is -2.18. The molecule has 0 saturated carbocycles. The molecule has 0 aliphatic carbocycles. The number of carbonyl (C=O) groups excluding carboxylic acids is 1. The normalized spacial score (nSPS) is 12.0. The van der Waals surface area contributed by atoms with Gasteiger partial charge in [0.2, 0.25) is 0 Å². The Balaban J connectivity index is 3.55. The Hall–Kier alpha value is -1.06. The molecule has 0 aromatic heterocycles. The second-order valence-electron chi connectivity index (χ2n) is 14.5. The molecule has 0 aliphatic rings. The van der Waals surface area contributed by atoms with E-state index in [9.17, 15) is 9.59 Å². The fraction of sp³-hybridized carbons (Fsp3) is 0.952. The molecule has 0 rings (SSSR count). The summed E-state index contributed by atoms with van der Waals surface area (Å²) in [4.78, 5) is 23.0. The molecule has 46 heavy (non-hydrogen) atoms.